The Kier molecular flexibility index (Phi) is 6.30. The summed E-state index contributed by atoms with van der Waals surface area (Å²) in [5.74, 6) is 1.38. The van der Waals surface area contributed by atoms with Gasteiger partial charge in [0.15, 0.2) is 5.96 Å². The van der Waals surface area contributed by atoms with E-state index in [0.717, 1.165) is 26.1 Å². The van der Waals surface area contributed by atoms with E-state index < -0.39 is 5.60 Å². The van der Waals surface area contributed by atoms with Gasteiger partial charge in [0.2, 0.25) is 0 Å². The van der Waals surface area contributed by atoms with E-state index in [1.165, 1.54) is 0 Å². The molecule has 6 heteroatoms. The first-order chi connectivity index (χ1) is 9.67. The van der Waals surface area contributed by atoms with Crippen LogP contribution in [0.25, 0.3) is 0 Å². The second kappa shape index (κ2) is 7.52. The molecule has 1 atom stereocenters. The number of ether oxygens (including phenoxy) is 1. The normalized spacial score (nSPS) is 20.0. The molecule has 1 saturated heterocycles. The summed E-state index contributed by atoms with van der Waals surface area (Å²) in [5, 5.41) is 3.14. The van der Waals surface area contributed by atoms with E-state index in [1.807, 2.05) is 20.8 Å². The Labute approximate surface area is 128 Å². The summed E-state index contributed by atoms with van der Waals surface area (Å²) in [6.45, 7) is 12.8. The average molecular weight is 298 g/mol. The molecule has 1 rings (SSSR count). The van der Waals surface area contributed by atoms with E-state index in [-0.39, 0.29) is 6.09 Å². The Morgan fingerprint density at radius 1 is 1.48 bits per heavy atom. The van der Waals surface area contributed by atoms with Gasteiger partial charge in [-0.05, 0) is 39.0 Å². The van der Waals surface area contributed by atoms with Gasteiger partial charge in [0.1, 0.15) is 5.60 Å². The van der Waals surface area contributed by atoms with Crippen LogP contribution in [0.15, 0.2) is 4.99 Å². The van der Waals surface area contributed by atoms with Gasteiger partial charge in [0, 0.05) is 26.2 Å². The van der Waals surface area contributed by atoms with Crippen molar-refractivity contribution < 1.29 is 9.53 Å². The van der Waals surface area contributed by atoms with Crippen LogP contribution < -0.4 is 11.1 Å². The Morgan fingerprint density at radius 2 is 2.14 bits per heavy atom. The number of carbonyl (C=O) groups is 1. The Morgan fingerprint density at radius 3 is 2.71 bits per heavy atom. The van der Waals surface area contributed by atoms with E-state index in [9.17, 15) is 4.79 Å². The maximum absolute atomic E-state index is 12.0. The lowest BCUT2D eigenvalue weighted by molar-refractivity contribution is 0.0288. The van der Waals surface area contributed by atoms with Crippen LogP contribution in [-0.4, -0.2) is 48.7 Å². The molecule has 3 N–H and O–H groups in total. The van der Waals surface area contributed by atoms with Crippen molar-refractivity contribution in [3.63, 3.8) is 0 Å². The van der Waals surface area contributed by atoms with E-state index in [2.05, 4.69) is 24.2 Å². The molecule has 6 nitrogen and oxygen atoms in total. The highest BCUT2D eigenvalue weighted by Gasteiger charge is 2.29. The lowest BCUT2D eigenvalue weighted by Crippen LogP contribution is -2.38. The van der Waals surface area contributed by atoms with Crippen LogP contribution in [0, 0.1) is 11.8 Å². The van der Waals surface area contributed by atoms with Crippen LogP contribution in [0.2, 0.25) is 0 Å². The third kappa shape index (κ3) is 7.20. The summed E-state index contributed by atoms with van der Waals surface area (Å²) < 4.78 is 5.38. The van der Waals surface area contributed by atoms with Crippen LogP contribution in [0.5, 0.6) is 0 Å². The van der Waals surface area contributed by atoms with Gasteiger partial charge in [-0.1, -0.05) is 13.8 Å². The van der Waals surface area contributed by atoms with Crippen molar-refractivity contribution in [2.75, 3.05) is 26.2 Å². The van der Waals surface area contributed by atoms with Crippen LogP contribution in [-0.2, 0) is 4.74 Å². The van der Waals surface area contributed by atoms with E-state index in [4.69, 9.17) is 10.5 Å². The molecule has 0 aliphatic carbocycles. The molecule has 1 heterocycles. The molecule has 0 aromatic carbocycles. The predicted molar refractivity (Wildman–Crippen MR) is 85.2 cm³/mol. The Bertz CT molecular complexity index is 374. The first-order valence-electron chi connectivity index (χ1n) is 7.69. The minimum Gasteiger partial charge on any atom is -0.444 e. The lowest BCUT2D eigenvalue weighted by atomic mass is 10.1. The number of nitrogens with zero attached hydrogens (tertiary/aromatic N) is 2. The van der Waals surface area contributed by atoms with E-state index in [1.54, 1.807) is 4.90 Å². The molecule has 0 aromatic rings. The topological polar surface area (TPSA) is 80.0 Å². The molecule has 1 fully saturated rings. The summed E-state index contributed by atoms with van der Waals surface area (Å²) in [4.78, 5) is 18.0. The number of nitrogens with one attached hydrogen (secondary N) is 1. The van der Waals surface area contributed by atoms with Gasteiger partial charge in [-0.3, -0.25) is 4.99 Å². The maximum Gasteiger partial charge on any atom is 0.410 e. The number of hydrogen-bond donors (Lipinski definition) is 2. The van der Waals surface area contributed by atoms with Gasteiger partial charge in [0.05, 0.1) is 0 Å². The number of nitrogens with two attached hydrogens (primary N) is 1. The molecule has 0 aromatic heterocycles. The second-order valence-corrected chi connectivity index (χ2v) is 7.08. The van der Waals surface area contributed by atoms with Crippen molar-refractivity contribution in [3.8, 4) is 0 Å². The van der Waals surface area contributed by atoms with Crippen LogP contribution >= 0.6 is 0 Å². The second-order valence-electron chi connectivity index (χ2n) is 7.08. The number of guanidine groups is 1. The third-order valence-corrected chi connectivity index (χ3v) is 3.14. The van der Waals surface area contributed by atoms with Crippen molar-refractivity contribution in [2.24, 2.45) is 22.6 Å². The number of likely N-dealkylation sites (tertiary alicyclic amines) is 1. The largest absolute Gasteiger partial charge is 0.444 e. The third-order valence-electron chi connectivity index (χ3n) is 3.14. The number of hydrogen-bond acceptors (Lipinski definition) is 3. The van der Waals surface area contributed by atoms with Gasteiger partial charge in [-0.2, -0.15) is 0 Å². The van der Waals surface area contributed by atoms with Crippen molar-refractivity contribution >= 4 is 12.1 Å². The lowest BCUT2D eigenvalue weighted by Gasteiger charge is -2.24. The van der Waals surface area contributed by atoms with E-state index >= 15 is 0 Å². The minimum absolute atomic E-state index is 0.230. The summed E-state index contributed by atoms with van der Waals surface area (Å²) in [6.07, 6.45) is 0.732. The Hall–Kier alpha value is -1.46. The molecule has 1 amide bonds. The van der Waals surface area contributed by atoms with Crippen molar-refractivity contribution in [3.05, 3.63) is 0 Å². The molecule has 0 spiro atoms. The van der Waals surface area contributed by atoms with Gasteiger partial charge in [-0.25, -0.2) is 4.79 Å². The molecule has 0 saturated carbocycles. The highest BCUT2D eigenvalue weighted by molar-refractivity contribution is 5.77. The van der Waals surface area contributed by atoms with Gasteiger partial charge < -0.3 is 20.7 Å². The molecule has 0 radical (unpaired) electrons. The number of carbonyl (C=O) groups excluding carboxylic acids is 1. The zero-order chi connectivity index (χ0) is 16.0. The van der Waals surface area contributed by atoms with Crippen molar-refractivity contribution in [1.29, 1.82) is 0 Å². The molecule has 21 heavy (non-hydrogen) atoms. The fourth-order valence-corrected chi connectivity index (χ4v) is 2.08. The Balaban J connectivity index is 2.32. The number of aliphatic imine (C=N–C) groups is 1. The summed E-state index contributed by atoms with van der Waals surface area (Å²) in [7, 11) is 0. The highest BCUT2D eigenvalue weighted by Crippen LogP contribution is 2.18. The predicted octanol–water partition coefficient (Wildman–Crippen LogP) is 1.80. The summed E-state index contributed by atoms with van der Waals surface area (Å²) in [5.41, 5.74) is 5.37. The molecule has 1 aliphatic heterocycles. The SMILES string of the molecule is CC(C)CN=C(N)NCC1CCN(C(=O)OC(C)(C)C)C1. The van der Waals surface area contributed by atoms with Gasteiger partial charge >= 0.3 is 6.09 Å². The first-order valence-corrected chi connectivity index (χ1v) is 7.69. The standard InChI is InChI=1S/C15H30N4O2/c1-11(2)8-17-13(16)18-9-12-6-7-19(10-12)14(20)21-15(3,4)5/h11-12H,6-10H2,1-5H3,(H3,16,17,18). The summed E-state index contributed by atoms with van der Waals surface area (Å²) in [6, 6.07) is 0. The average Bonchev–Trinajstić information content (AvgIpc) is 2.80. The molecule has 1 unspecified atom stereocenters. The molecule has 122 valence electrons. The quantitative estimate of drug-likeness (QED) is 0.612. The van der Waals surface area contributed by atoms with Gasteiger partial charge in [-0.15, -0.1) is 0 Å². The molecule has 1 aliphatic rings. The fraction of sp³-hybridized carbons (Fsp3) is 0.867. The molecule has 0 bridgehead atoms. The zero-order valence-electron chi connectivity index (χ0n) is 14.0. The number of rotatable bonds is 4. The molecular weight excluding hydrogens is 268 g/mol. The van der Waals surface area contributed by atoms with Crippen molar-refractivity contribution in [1.82, 2.24) is 10.2 Å². The zero-order valence-corrected chi connectivity index (χ0v) is 14.0. The highest BCUT2D eigenvalue weighted by atomic mass is 16.6. The molecular formula is C15H30N4O2. The first kappa shape index (κ1) is 17.6. The minimum atomic E-state index is -0.443. The van der Waals surface area contributed by atoms with Crippen LogP contribution in [0.4, 0.5) is 4.79 Å². The maximum atomic E-state index is 12.0. The van der Waals surface area contributed by atoms with Gasteiger partial charge in [0.25, 0.3) is 0 Å². The number of amides is 1. The van der Waals surface area contributed by atoms with Crippen LogP contribution in [0.3, 0.4) is 0 Å². The monoisotopic (exact) mass is 298 g/mol. The fourth-order valence-electron chi connectivity index (χ4n) is 2.08. The van der Waals surface area contributed by atoms with E-state index in [0.29, 0.717) is 24.3 Å². The van der Waals surface area contributed by atoms with Crippen LogP contribution in [0.1, 0.15) is 41.0 Å². The summed E-state index contributed by atoms with van der Waals surface area (Å²) >= 11 is 0. The smallest absolute Gasteiger partial charge is 0.410 e. The van der Waals surface area contributed by atoms with Crippen molar-refractivity contribution in [2.45, 2.75) is 46.6 Å².